The van der Waals surface area contributed by atoms with Crippen molar-refractivity contribution in [1.82, 2.24) is 10.2 Å². The standard InChI is InChI=1S/C14H18ClN3O/c15-11-1-3-12(4-2-11)17-9-10-18(14(17)19)13-5-7-16-8-6-13/h1-4,13,16H,5-10H2. The van der Waals surface area contributed by atoms with Crippen molar-refractivity contribution in [3.63, 3.8) is 0 Å². The Hall–Kier alpha value is -1.26. The van der Waals surface area contributed by atoms with E-state index in [9.17, 15) is 4.79 Å². The van der Waals surface area contributed by atoms with Crippen LogP contribution >= 0.6 is 11.6 Å². The molecule has 0 aromatic heterocycles. The molecule has 2 fully saturated rings. The van der Waals surface area contributed by atoms with E-state index in [-0.39, 0.29) is 6.03 Å². The van der Waals surface area contributed by atoms with Crippen LogP contribution in [0.25, 0.3) is 0 Å². The van der Waals surface area contributed by atoms with E-state index in [1.807, 2.05) is 34.1 Å². The third-order valence-corrected chi connectivity index (χ3v) is 4.18. The van der Waals surface area contributed by atoms with E-state index in [4.69, 9.17) is 11.6 Å². The number of nitrogens with zero attached hydrogens (tertiary/aromatic N) is 2. The molecule has 2 saturated heterocycles. The molecule has 0 radical (unpaired) electrons. The van der Waals surface area contributed by atoms with Crippen LogP contribution in [0.2, 0.25) is 5.02 Å². The lowest BCUT2D eigenvalue weighted by molar-refractivity contribution is 0.185. The molecule has 2 amide bonds. The van der Waals surface area contributed by atoms with Gasteiger partial charge in [0.25, 0.3) is 0 Å². The van der Waals surface area contributed by atoms with Crippen LogP contribution in [0.15, 0.2) is 24.3 Å². The Morgan fingerprint density at radius 3 is 2.47 bits per heavy atom. The minimum absolute atomic E-state index is 0.134. The molecule has 0 spiro atoms. The lowest BCUT2D eigenvalue weighted by atomic mass is 10.1. The number of piperidine rings is 1. The molecule has 1 N–H and O–H groups in total. The van der Waals surface area contributed by atoms with Crippen molar-refractivity contribution in [1.29, 1.82) is 0 Å². The number of hydrogen-bond acceptors (Lipinski definition) is 2. The van der Waals surface area contributed by atoms with Crippen molar-refractivity contribution in [2.24, 2.45) is 0 Å². The summed E-state index contributed by atoms with van der Waals surface area (Å²) in [4.78, 5) is 16.4. The van der Waals surface area contributed by atoms with E-state index >= 15 is 0 Å². The first kappa shape index (κ1) is 12.8. The van der Waals surface area contributed by atoms with E-state index in [1.54, 1.807) is 0 Å². The smallest absolute Gasteiger partial charge is 0.319 e. The SMILES string of the molecule is O=C1N(c2ccc(Cl)cc2)CCN1C1CCNCC1. The largest absolute Gasteiger partial charge is 0.324 e. The number of rotatable bonds is 2. The highest BCUT2D eigenvalue weighted by molar-refractivity contribution is 6.30. The number of nitrogens with one attached hydrogen (secondary N) is 1. The molecule has 2 heterocycles. The average molecular weight is 280 g/mol. The number of urea groups is 1. The zero-order valence-electron chi connectivity index (χ0n) is 10.8. The van der Waals surface area contributed by atoms with Crippen LogP contribution in [0.4, 0.5) is 10.5 Å². The van der Waals surface area contributed by atoms with Gasteiger partial charge in [-0.25, -0.2) is 4.79 Å². The monoisotopic (exact) mass is 279 g/mol. The Bertz CT molecular complexity index is 456. The maximum absolute atomic E-state index is 12.5. The zero-order valence-corrected chi connectivity index (χ0v) is 11.6. The van der Waals surface area contributed by atoms with Gasteiger partial charge in [-0.05, 0) is 50.2 Å². The number of benzene rings is 1. The quantitative estimate of drug-likeness (QED) is 0.902. The van der Waals surface area contributed by atoms with Crippen molar-refractivity contribution < 1.29 is 4.79 Å². The summed E-state index contributed by atoms with van der Waals surface area (Å²) in [6.07, 6.45) is 2.11. The van der Waals surface area contributed by atoms with Gasteiger partial charge in [0.15, 0.2) is 0 Å². The molecule has 19 heavy (non-hydrogen) atoms. The normalized spacial score (nSPS) is 21.2. The topological polar surface area (TPSA) is 35.6 Å². The van der Waals surface area contributed by atoms with Crippen molar-refractivity contribution in [3.05, 3.63) is 29.3 Å². The maximum atomic E-state index is 12.5. The molecule has 102 valence electrons. The molecule has 0 atom stereocenters. The average Bonchev–Trinajstić information content (AvgIpc) is 2.83. The van der Waals surface area contributed by atoms with Gasteiger partial charge in [-0.2, -0.15) is 0 Å². The molecule has 2 aliphatic heterocycles. The first-order chi connectivity index (χ1) is 9.25. The van der Waals surface area contributed by atoms with Crippen molar-refractivity contribution in [2.75, 3.05) is 31.1 Å². The van der Waals surface area contributed by atoms with Gasteiger partial charge < -0.3 is 10.2 Å². The fourth-order valence-corrected chi connectivity index (χ4v) is 3.00. The third kappa shape index (κ3) is 2.55. The highest BCUT2D eigenvalue weighted by Crippen LogP contribution is 2.25. The minimum atomic E-state index is 0.134. The van der Waals surface area contributed by atoms with Crippen molar-refractivity contribution in [2.45, 2.75) is 18.9 Å². The molecular weight excluding hydrogens is 262 g/mol. The van der Waals surface area contributed by atoms with Gasteiger partial charge in [0, 0.05) is 29.8 Å². The molecule has 1 aromatic rings. The summed E-state index contributed by atoms with van der Waals surface area (Å²) >= 11 is 5.88. The van der Waals surface area contributed by atoms with E-state index in [2.05, 4.69) is 5.32 Å². The molecular formula is C14H18ClN3O. The summed E-state index contributed by atoms with van der Waals surface area (Å²) in [5.74, 6) is 0. The number of halogens is 1. The zero-order chi connectivity index (χ0) is 13.2. The summed E-state index contributed by atoms with van der Waals surface area (Å²) in [7, 11) is 0. The van der Waals surface area contributed by atoms with Crippen LogP contribution < -0.4 is 10.2 Å². The first-order valence-electron chi connectivity index (χ1n) is 6.80. The van der Waals surface area contributed by atoms with Crippen LogP contribution in [0.3, 0.4) is 0 Å². The van der Waals surface area contributed by atoms with Gasteiger partial charge in [0.2, 0.25) is 0 Å². The highest BCUT2D eigenvalue weighted by Gasteiger charge is 2.34. The van der Waals surface area contributed by atoms with Gasteiger partial charge in [-0.3, -0.25) is 4.90 Å². The third-order valence-electron chi connectivity index (χ3n) is 3.93. The Morgan fingerprint density at radius 2 is 1.79 bits per heavy atom. The Labute approximate surface area is 118 Å². The van der Waals surface area contributed by atoms with Gasteiger partial charge in [-0.1, -0.05) is 11.6 Å². The van der Waals surface area contributed by atoms with E-state index in [1.165, 1.54) is 0 Å². The number of hydrogen-bond donors (Lipinski definition) is 1. The molecule has 4 nitrogen and oxygen atoms in total. The van der Waals surface area contributed by atoms with Crippen LogP contribution in [0.5, 0.6) is 0 Å². The molecule has 5 heteroatoms. The summed E-state index contributed by atoms with van der Waals surface area (Å²) in [6.45, 7) is 3.61. The summed E-state index contributed by atoms with van der Waals surface area (Å²) < 4.78 is 0. The minimum Gasteiger partial charge on any atom is -0.319 e. The molecule has 3 rings (SSSR count). The predicted octanol–water partition coefficient (Wildman–Crippen LogP) is 2.33. The molecule has 0 aliphatic carbocycles. The first-order valence-corrected chi connectivity index (χ1v) is 7.18. The second kappa shape index (κ2) is 5.39. The second-order valence-electron chi connectivity index (χ2n) is 5.09. The fraction of sp³-hybridized carbons (Fsp3) is 0.500. The highest BCUT2D eigenvalue weighted by atomic mass is 35.5. The summed E-state index contributed by atoms with van der Waals surface area (Å²) in [6, 6.07) is 8.01. The lowest BCUT2D eigenvalue weighted by Gasteiger charge is -2.31. The maximum Gasteiger partial charge on any atom is 0.324 e. The lowest BCUT2D eigenvalue weighted by Crippen LogP contribution is -2.45. The molecule has 2 aliphatic rings. The fourth-order valence-electron chi connectivity index (χ4n) is 2.87. The number of carbonyl (C=O) groups is 1. The van der Waals surface area contributed by atoms with Crippen LogP contribution in [-0.4, -0.2) is 43.2 Å². The summed E-state index contributed by atoms with van der Waals surface area (Å²) in [5.41, 5.74) is 0.936. The van der Waals surface area contributed by atoms with Crippen molar-refractivity contribution in [3.8, 4) is 0 Å². The van der Waals surface area contributed by atoms with E-state index in [0.717, 1.165) is 44.7 Å². The van der Waals surface area contributed by atoms with Crippen LogP contribution in [-0.2, 0) is 0 Å². The van der Waals surface area contributed by atoms with Gasteiger partial charge in [0.1, 0.15) is 0 Å². The van der Waals surface area contributed by atoms with Gasteiger partial charge in [-0.15, -0.1) is 0 Å². The Balaban J connectivity index is 1.72. The molecule has 1 aromatic carbocycles. The number of amides is 2. The van der Waals surface area contributed by atoms with Crippen LogP contribution in [0, 0.1) is 0 Å². The van der Waals surface area contributed by atoms with E-state index in [0.29, 0.717) is 11.1 Å². The molecule has 0 bridgehead atoms. The molecule has 0 unspecified atom stereocenters. The predicted molar refractivity (Wildman–Crippen MR) is 76.8 cm³/mol. The Morgan fingerprint density at radius 1 is 1.11 bits per heavy atom. The van der Waals surface area contributed by atoms with Crippen molar-refractivity contribution >= 4 is 23.3 Å². The second-order valence-corrected chi connectivity index (χ2v) is 5.52. The van der Waals surface area contributed by atoms with E-state index < -0.39 is 0 Å². The number of carbonyl (C=O) groups excluding carboxylic acids is 1. The van der Waals surface area contributed by atoms with Crippen LogP contribution in [0.1, 0.15) is 12.8 Å². The number of anilines is 1. The summed E-state index contributed by atoms with van der Waals surface area (Å²) in [5, 5.41) is 4.04. The van der Waals surface area contributed by atoms with Gasteiger partial charge >= 0.3 is 6.03 Å². The Kier molecular flexibility index (Phi) is 3.62. The molecule has 0 saturated carbocycles. The van der Waals surface area contributed by atoms with Gasteiger partial charge in [0.05, 0.1) is 0 Å².